The molecule has 1 aromatic carbocycles. The van der Waals surface area contributed by atoms with Gasteiger partial charge in [0.25, 0.3) is 0 Å². The van der Waals surface area contributed by atoms with E-state index in [9.17, 15) is 4.79 Å². The number of nitrogens with zero attached hydrogens (tertiary/aromatic N) is 4. The molecule has 2 rings (SSSR count). The van der Waals surface area contributed by atoms with Crippen LogP contribution in [-0.2, 0) is 22.7 Å². The van der Waals surface area contributed by atoms with Crippen LogP contribution in [0.25, 0.3) is 6.08 Å². The summed E-state index contributed by atoms with van der Waals surface area (Å²) in [4.78, 5) is 11.9. The van der Waals surface area contributed by atoms with Crippen LogP contribution in [0.1, 0.15) is 24.7 Å². The minimum absolute atomic E-state index is 0.0193. The van der Waals surface area contributed by atoms with Crippen molar-refractivity contribution in [1.82, 2.24) is 20.2 Å². The lowest BCUT2D eigenvalue weighted by molar-refractivity contribution is -0.139. The van der Waals surface area contributed by atoms with Gasteiger partial charge in [0.2, 0.25) is 0 Å². The molecular weight excluding hydrogens is 312 g/mol. The highest BCUT2D eigenvalue weighted by atomic mass is 16.5. The molecule has 1 heterocycles. The van der Waals surface area contributed by atoms with Gasteiger partial charge in [-0.15, -0.1) is 5.10 Å². The third-order valence-electron chi connectivity index (χ3n) is 3.22. The largest absolute Gasteiger partial charge is 0.497 e. The van der Waals surface area contributed by atoms with Gasteiger partial charge in [-0.05, 0) is 41.1 Å². The van der Waals surface area contributed by atoms with E-state index in [1.807, 2.05) is 6.92 Å². The normalized spacial score (nSPS) is 10.8. The highest BCUT2D eigenvalue weighted by Gasteiger charge is 2.08. The van der Waals surface area contributed by atoms with E-state index in [1.165, 1.54) is 6.08 Å². The van der Waals surface area contributed by atoms with Crippen LogP contribution < -0.4 is 9.47 Å². The lowest BCUT2D eigenvalue weighted by atomic mass is 10.1. The molecule has 128 valence electrons. The number of methoxy groups -OCH3 is 2. The Kier molecular flexibility index (Phi) is 6.30. The Morgan fingerprint density at radius 2 is 2.12 bits per heavy atom. The zero-order valence-electron chi connectivity index (χ0n) is 13.9. The summed E-state index contributed by atoms with van der Waals surface area (Å²) < 4.78 is 17.2. The summed E-state index contributed by atoms with van der Waals surface area (Å²) >= 11 is 0. The van der Waals surface area contributed by atoms with E-state index in [4.69, 9.17) is 14.2 Å². The molecule has 0 amide bonds. The zero-order valence-corrected chi connectivity index (χ0v) is 13.9. The van der Waals surface area contributed by atoms with Gasteiger partial charge in [-0.2, -0.15) is 0 Å². The number of hydrogen-bond donors (Lipinski definition) is 0. The number of aromatic nitrogens is 4. The molecule has 2 aromatic rings. The van der Waals surface area contributed by atoms with Crippen LogP contribution in [0.2, 0.25) is 0 Å². The van der Waals surface area contributed by atoms with Crippen LogP contribution in [0.5, 0.6) is 11.5 Å². The molecule has 0 saturated heterocycles. The van der Waals surface area contributed by atoms with Crippen molar-refractivity contribution in [1.29, 1.82) is 0 Å². The third kappa shape index (κ3) is 4.55. The molecule has 0 aliphatic heterocycles. The minimum atomic E-state index is -0.495. The zero-order chi connectivity index (χ0) is 17.4. The van der Waals surface area contributed by atoms with Gasteiger partial charge in [-0.25, -0.2) is 9.48 Å². The summed E-state index contributed by atoms with van der Waals surface area (Å²) in [5.74, 6) is 1.32. The van der Waals surface area contributed by atoms with Crippen molar-refractivity contribution < 1.29 is 19.0 Å². The van der Waals surface area contributed by atoms with E-state index >= 15 is 0 Å². The average Bonchev–Trinajstić information content (AvgIpc) is 3.05. The number of carbonyl (C=O) groups excluding carboxylic acids is 1. The van der Waals surface area contributed by atoms with E-state index in [-0.39, 0.29) is 6.61 Å². The number of rotatable bonds is 8. The fraction of sp³-hybridized carbons (Fsp3) is 0.375. The summed E-state index contributed by atoms with van der Waals surface area (Å²) in [6.07, 6.45) is 3.82. The summed E-state index contributed by atoms with van der Waals surface area (Å²) in [5.41, 5.74) is 0.713. The molecular formula is C16H20N4O4. The highest BCUT2D eigenvalue weighted by molar-refractivity contribution is 5.87. The molecule has 8 heteroatoms. The maximum absolute atomic E-state index is 11.9. The molecule has 0 spiro atoms. The molecule has 0 atom stereocenters. The second-order valence-corrected chi connectivity index (χ2v) is 4.87. The number of aryl methyl sites for hydroxylation is 1. The third-order valence-corrected chi connectivity index (χ3v) is 3.22. The lowest BCUT2D eigenvalue weighted by Crippen LogP contribution is -2.09. The Labute approximate surface area is 140 Å². The number of carbonyl (C=O) groups is 1. The van der Waals surface area contributed by atoms with E-state index in [1.54, 1.807) is 43.2 Å². The molecule has 0 unspecified atom stereocenters. The maximum atomic E-state index is 11.9. The van der Waals surface area contributed by atoms with Gasteiger partial charge in [0.1, 0.15) is 11.5 Å². The molecule has 8 nitrogen and oxygen atoms in total. The second-order valence-electron chi connectivity index (χ2n) is 4.87. The van der Waals surface area contributed by atoms with Crippen LogP contribution in [0.4, 0.5) is 0 Å². The summed E-state index contributed by atoms with van der Waals surface area (Å²) in [6, 6.07) is 5.31. The van der Waals surface area contributed by atoms with Gasteiger partial charge >= 0.3 is 5.97 Å². The standard InChI is InChI=1S/C16H20N4O4/c1-4-9-20-15(17-18-19-20)11-24-16(21)8-5-12-10-13(22-2)6-7-14(12)23-3/h5-8,10H,4,9,11H2,1-3H3/b8-5+. The van der Waals surface area contributed by atoms with E-state index in [0.29, 0.717) is 29.4 Å². The van der Waals surface area contributed by atoms with Gasteiger partial charge in [-0.1, -0.05) is 6.92 Å². The number of benzene rings is 1. The molecule has 0 bridgehead atoms. The van der Waals surface area contributed by atoms with Crippen LogP contribution >= 0.6 is 0 Å². The first kappa shape index (κ1) is 17.5. The van der Waals surface area contributed by atoms with Crippen molar-refractivity contribution in [2.75, 3.05) is 14.2 Å². The lowest BCUT2D eigenvalue weighted by Gasteiger charge is -2.07. The molecule has 0 aliphatic rings. The Balaban J connectivity index is 1.99. The van der Waals surface area contributed by atoms with Crippen molar-refractivity contribution in [2.45, 2.75) is 26.5 Å². The van der Waals surface area contributed by atoms with Gasteiger partial charge in [0.15, 0.2) is 12.4 Å². The molecule has 0 N–H and O–H groups in total. The van der Waals surface area contributed by atoms with Gasteiger partial charge in [0.05, 0.1) is 14.2 Å². The van der Waals surface area contributed by atoms with Crippen molar-refractivity contribution in [3.8, 4) is 11.5 Å². The quantitative estimate of drug-likeness (QED) is 0.538. The van der Waals surface area contributed by atoms with Gasteiger partial charge in [-0.3, -0.25) is 0 Å². The van der Waals surface area contributed by atoms with Crippen LogP contribution in [0.15, 0.2) is 24.3 Å². The van der Waals surface area contributed by atoms with Crippen LogP contribution in [0, 0.1) is 0 Å². The van der Waals surface area contributed by atoms with Crippen molar-refractivity contribution in [3.05, 3.63) is 35.7 Å². The number of hydrogen-bond acceptors (Lipinski definition) is 7. The van der Waals surface area contributed by atoms with E-state index in [0.717, 1.165) is 6.42 Å². The number of esters is 1. The predicted molar refractivity (Wildman–Crippen MR) is 86.5 cm³/mol. The molecule has 0 radical (unpaired) electrons. The Bertz CT molecular complexity index is 712. The molecule has 0 fully saturated rings. The van der Waals surface area contributed by atoms with Crippen LogP contribution in [0.3, 0.4) is 0 Å². The second kappa shape index (κ2) is 8.66. The predicted octanol–water partition coefficient (Wildman–Crippen LogP) is 1.86. The molecule has 0 saturated carbocycles. The fourth-order valence-electron chi connectivity index (χ4n) is 2.02. The number of ether oxygens (including phenoxy) is 3. The average molecular weight is 332 g/mol. The molecule has 0 aliphatic carbocycles. The monoisotopic (exact) mass is 332 g/mol. The maximum Gasteiger partial charge on any atom is 0.331 e. The summed E-state index contributed by atoms with van der Waals surface area (Å²) in [7, 11) is 3.13. The molecule has 1 aromatic heterocycles. The first-order valence-electron chi connectivity index (χ1n) is 7.49. The minimum Gasteiger partial charge on any atom is -0.497 e. The van der Waals surface area contributed by atoms with E-state index in [2.05, 4.69) is 15.5 Å². The first-order chi connectivity index (χ1) is 11.7. The fourth-order valence-corrected chi connectivity index (χ4v) is 2.02. The van der Waals surface area contributed by atoms with Crippen molar-refractivity contribution in [2.24, 2.45) is 0 Å². The Hall–Kier alpha value is -2.90. The summed E-state index contributed by atoms with van der Waals surface area (Å²) in [5, 5.41) is 11.3. The van der Waals surface area contributed by atoms with E-state index < -0.39 is 5.97 Å². The van der Waals surface area contributed by atoms with Crippen molar-refractivity contribution in [3.63, 3.8) is 0 Å². The Morgan fingerprint density at radius 1 is 1.29 bits per heavy atom. The Morgan fingerprint density at radius 3 is 2.83 bits per heavy atom. The van der Waals surface area contributed by atoms with Crippen molar-refractivity contribution >= 4 is 12.0 Å². The highest BCUT2D eigenvalue weighted by Crippen LogP contribution is 2.25. The topological polar surface area (TPSA) is 88.4 Å². The molecule has 24 heavy (non-hydrogen) atoms. The number of tetrazole rings is 1. The van der Waals surface area contributed by atoms with Gasteiger partial charge in [0, 0.05) is 18.2 Å². The van der Waals surface area contributed by atoms with Crippen LogP contribution in [-0.4, -0.2) is 40.4 Å². The summed E-state index contributed by atoms with van der Waals surface area (Å²) in [6.45, 7) is 2.71. The smallest absolute Gasteiger partial charge is 0.331 e. The SMILES string of the molecule is CCCn1nnnc1COC(=O)/C=C/c1cc(OC)ccc1OC. The first-order valence-corrected chi connectivity index (χ1v) is 7.49. The van der Waals surface area contributed by atoms with Gasteiger partial charge < -0.3 is 14.2 Å².